The number of aliphatic hydroxyl groups is 1. The summed E-state index contributed by atoms with van der Waals surface area (Å²) in [6.45, 7) is 0.00730. The highest BCUT2D eigenvalue weighted by atomic mass is 16.5. The van der Waals surface area contributed by atoms with Crippen molar-refractivity contribution in [1.29, 1.82) is 0 Å². The predicted octanol–water partition coefficient (Wildman–Crippen LogP) is 1.44. The summed E-state index contributed by atoms with van der Waals surface area (Å²) in [5.74, 6) is -0.925. The predicted molar refractivity (Wildman–Crippen MR) is 80.9 cm³/mol. The second-order valence-electron chi connectivity index (χ2n) is 4.53. The fraction of sp³-hybridized carbons (Fsp3) is 0.125. The van der Waals surface area contributed by atoms with Crippen molar-refractivity contribution in [2.75, 3.05) is 18.1 Å². The average Bonchev–Trinajstić information content (AvgIpc) is 2.59. The first kappa shape index (κ1) is 15.7. The van der Waals surface area contributed by atoms with Gasteiger partial charge in [0, 0.05) is 23.4 Å². The van der Waals surface area contributed by atoms with Crippen molar-refractivity contribution >= 4 is 17.5 Å². The maximum Gasteiger partial charge on any atom is 0.274 e. The molecule has 0 aliphatic carbocycles. The van der Waals surface area contributed by atoms with Gasteiger partial charge in [-0.2, -0.15) is 0 Å². The zero-order chi connectivity index (χ0) is 15.9. The van der Waals surface area contributed by atoms with E-state index in [1.807, 2.05) is 18.2 Å². The lowest BCUT2D eigenvalue weighted by molar-refractivity contribution is 0.0706. The Morgan fingerprint density at radius 1 is 0.955 bits per heavy atom. The largest absolute Gasteiger partial charge is 0.395 e. The summed E-state index contributed by atoms with van der Waals surface area (Å²) in [4.78, 5) is 25.3. The molecule has 114 valence electrons. The summed E-state index contributed by atoms with van der Waals surface area (Å²) >= 11 is 0. The van der Waals surface area contributed by atoms with Crippen LogP contribution in [0.3, 0.4) is 0 Å². The van der Waals surface area contributed by atoms with E-state index in [1.54, 1.807) is 12.1 Å². The molecule has 0 saturated carbocycles. The standard InChI is InChI=1S/C16H16N2O4/c19-11-10-18(14-4-2-1-3-5-14)16(21)13-8-6-12(7-9-13)15(20)17-22/h1-9,19,22H,10-11H2,(H,17,20). The number of aliphatic hydroxyl groups excluding tert-OH is 1. The molecule has 0 saturated heterocycles. The molecule has 0 spiro atoms. The number of hydrogen-bond acceptors (Lipinski definition) is 4. The number of nitrogens with zero attached hydrogens (tertiary/aromatic N) is 1. The van der Waals surface area contributed by atoms with Gasteiger partial charge in [-0.1, -0.05) is 18.2 Å². The number of carbonyl (C=O) groups excluding carboxylic acids is 2. The van der Waals surface area contributed by atoms with Gasteiger partial charge in [-0.05, 0) is 36.4 Å². The van der Waals surface area contributed by atoms with E-state index >= 15 is 0 Å². The molecule has 6 heteroatoms. The molecule has 0 atom stereocenters. The molecule has 0 unspecified atom stereocenters. The monoisotopic (exact) mass is 300 g/mol. The Hall–Kier alpha value is -2.70. The number of carbonyl (C=O) groups is 2. The van der Waals surface area contributed by atoms with Crippen LogP contribution in [0.5, 0.6) is 0 Å². The van der Waals surface area contributed by atoms with Crippen LogP contribution in [-0.4, -0.2) is 35.3 Å². The van der Waals surface area contributed by atoms with Crippen molar-refractivity contribution in [2.24, 2.45) is 0 Å². The summed E-state index contributed by atoms with van der Waals surface area (Å²) in [6.07, 6.45) is 0. The molecule has 0 radical (unpaired) electrons. The summed E-state index contributed by atoms with van der Waals surface area (Å²) in [5, 5.41) is 17.7. The van der Waals surface area contributed by atoms with Crippen molar-refractivity contribution in [3.63, 3.8) is 0 Å². The second-order valence-corrected chi connectivity index (χ2v) is 4.53. The molecule has 0 aliphatic rings. The Morgan fingerprint density at radius 3 is 2.09 bits per heavy atom. The Balaban J connectivity index is 2.26. The van der Waals surface area contributed by atoms with Gasteiger partial charge < -0.3 is 10.0 Å². The number of benzene rings is 2. The van der Waals surface area contributed by atoms with Gasteiger partial charge in [0.25, 0.3) is 11.8 Å². The topological polar surface area (TPSA) is 89.9 Å². The van der Waals surface area contributed by atoms with E-state index in [4.69, 9.17) is 10.3 Å². The Kier molecular flexibility index (Phi) is 5.24. The lowest BCUT2D eigenvalue weighted by Gasteiger charge is -2.22. The number of anilines is 1. The molecule has 0 heterocycles. The zero-order valence-electron chi connectivity index (χ0n) is 11.8. The lowest BCUT2D eigenvalue weighted by atomic mass is 10.1. The third-order valence-electron chi connectivity index (χ3n) is 3.13. The summed E-state index contributed by atoms with van der Waals surface area (Å²) in [7, 11) is 0. The van der Waals surface area contributed by atoms with Crippen LogP contribution < -0.4 is 10.4 Å². The van der Waals surface area contributed by atoms with Gasteiger partial charge in [-0.25, -0.2) is 5.48 Å². The van der Waals surface area contributed by atoms with E-state index in [-0.39, 0.29) is 24.6 Å². The van der Waals surface area contributed by atoms with Gasteiger partial charge in [-0.3, -0.25) is 14.8 Å². The van der Waals surface area contributed by atoms with Crippen LogP contribution >= 0.6 is 0 Å². The molecule has 6 nitrogen and oxygen atoms in total. The number of hydroxylamine groups is 1. The highest BCUT2D eigenvalue weighted by molar-refractivity contribution is 6.06. The van der Waals surface area contributed by atoms with Crippen LogP contribution in [0, 0.1) is 0 Å². The number of para-hydroxylation sites is 1. The van der Waals surface area contributed by atoms with Crippen LogP contribution in [0.1, 0.15) is 20.7 Å². The second kappa shape index (κ2) is 7.35. The van der Waals surface area contributed by atoms with Gasteiger partial charge in [-0.15, -0.1) is 0 Å². The molecule has 2 rings (SSSR count). The SMILES string of the molecule is O=C(NO)c1ccc(C(=O)N(CCO)c2ccccc2)cc1. The maximum atomic E-state index is 12.6. The molecule has 2 amide bonds. The fourth-order valence-electron chi connectivity index (χ4n) is 2.04. The zero-order valence-corrected chi connectivity index (χ0v) is 11.8. The van der Waals surface area contributed by atoms with Crippen LogP contribution in [0.4, 0.5) is 5.69 Å². The minimum atomic E-state index is -0.644. The molecular weight excluding hydrogens is 284 g/mol. The Bertz CT molecular complexity index is 641. The normalized spacial score (nSPS) is 10.1. The quantitative estimate of drug-likeness (QED) is 0.576. The van der Waals surface area contributed by atoms with E-state index in [0.717, 1.165) is 0 Å². The molecule has 0 bridgehead atoms. The first-order valence-corrected chi connectivity index (χ1v) is 6.69. The highest BCUT2D eigenvalue weighted by Crippen LogP contribution is 2.17. The number of amides is 2. The molecule has 0 aromatic heterocycles. The van der Waals surface area contributed by atoms with Crippen LogP contribution in [0.15, 0.2) is 54.6 Å². The molecule has 3 N–H and O–H groups in total. The Morgan fingerprint density at radius 2 is 1.55 bits per heavy atom. The van der Waals surface area contributed by atoms with Crippen molar-refractivity contribution in [2.45, 2.75) is 0 Å². The minimum absolute atomic E-state index is 0.161. The highest BCUT2D eigenvalue weighted by Gasteiger charge is 2.17. The van der Waals surface area contributed by atoms with Crippen LogP contribution in [-0.2, 0) is 0 Å². The van der Waals surface area contributed by atoms with Crippen molar-refractivity contribution in [3.05, 3.63) is 65.7 Å². The lowest BCUT2D eigenvalue weighted by Crippen LogP contribution is -2.33. The molecule has 0 aliphatic heterocycles. The van der Waals surface area contributed by atoms with Gasteiger partial charge in [0.05, 0.1) is 6.61 Å². The van der Waals surface area contributed by atoms with Gasteiger partial charge in [0.15, 0.2) is 0 Å². The molecule has 22 heavy (non-hydrogen) atoms. The van der Waals surface area contributed by atoms with Crippen molar-refractivity contribution < 1.29 is 19.9 Å². The van der Waals surface area contributed by atoms with Gasteiger partial charge in [0.2, 0.25) is 0 Å². The minimum Gasteiger partial charge on any atom is -0.395 e. The Labute approximate surface area is 127 Å². The maximum absolute atomic E-state index is 12.6. The number of rotatable bonds is 5. The van der Waals surface area contributed by atoms with E-state index in [9.17, 15) is 9.59 Å². The molecule has 2 aromatic rings. The third kappa shape index (κ3) is 3.49. The van der Waals surface area contributed by atoms with E-state index in [2.05, 4.69) is 0 Å². The average molecular weight is 300 g/mol. The van der Waals surface area contributed by atoms with E-state index in [1.165, 1.54) is 34.6 Å². The first-order chi connectivity index (χ1) is 10.7. The van der Waals surface area contributed by atoms with Gasteiger partial charge >= 0.3 is 0 Å². The molecule has 2 aromatic carbocycles. The number of hydrogen-bond donors (Lipinski definition) is 3. The molecule has 0 fully saturated rings. The van der Waals surface area contributed by atoms with Crippen LogP contribution in [0.2, 0.25) is 0 Å². The van der Waals surface area contributed by atoms with E-state index in [0.29, 0.717) is 11.3 Å². The summed E-state index contributed by atoms with van der Waals surface area (Å²) < 4.78 is 0. The smallest absolute Gasteiger partial charge is 0.274 e. The van der Waals surface area contributed by atoms with Gasteiger partial charge in [0.1, 0.15) is 0 Å². The number of nitrogens with one attached hydrogen (secondary N) is 1. The first-order valence-electron chi connectivity index (χ1n) is 6.69. The summed E-state index contributed by atoms with van der Waals surface area (Å²) in [6, 6.07) is 14.9. The van der Waals surface area contributed by atoms with E-state index < -0.39 is 5.91 Å². The van der Waals surface area contributed by atoms with Crippen molar-refractivity contribution in [3.8, 4) is 0 Å². The van der Waals surface area contributed by atoms with Crippen LogP contribution in [0.25, 0.3) is 0 Å². The third-order valence-corrected chi connectivity index (χ3v) is 3.13. The fourth-order valence-corrected chi connectivity index (χ4v) is 2.04. The summed E-state index contributed by atoms with van der Waals surface area (Å²) in [5.41, 5.74) is 2.84. The van der Waals surface area contributed by atoms with Crippen molar-refractivity contribution in [1.82, 2.24) is 5.48 Å². The molecular formula is C16H16N2O4.